The van der Waals surface area contributed by atoms with Crippen molar-refractivity contribution in [2.24, 2.45) is 0 Å². The van der Waals surface area contributed by atoms with Crippen molar-refractivity contribution in [2.45, 2.75) is 31.9 Å². The molecule has 2 aliphatic heterocycles. The van der Waals surface area contributed by atoms with E-state index in [1.54, 1.807) is 14.2 Å². The first-order chi connectivity index (χ1) is 15.6. The Hall–Kier alpha value is -2.15. The van der Waals surface area contributed by atoms with E-state index >= 15 is 0 Å². The summed E-state index contributed by atoms with van der Waals surface area (Å²) in [5.41, 5.74) is 2.39. The molecule has 2 heterocycles. The molecule has 2 aliphatic rings. The van der Waals surface area contributed by atoms with Gasteiger partial charge in [0, 0.05) is 56.8 Å². The Balaban J connectivity index is 1.38. The summed E-state index contributed by atoms with van der Waals surface area (Å²) in [6, 6.07) is 12.6. The third kappa shape index (κ3) is 5.25. The Morgan fingerprint density at radius 1 is 0.906 bits per heavy atom. The SMILES string of the molecule is COc1cc(N2CCN(C(C)c3ccc(OC4CCOCC4)c(OC)c3)CC2)ccc1Cl. The van der Waals surface area contributed by atoms with E-state index in [0.717, 1.165) is 75.2 Å². The highest BCUT2D eigenvalue weighted by Crippen LogP contribution is 2.35. The van der Waals surface area contributed by atoms with Crippen molar-refractivity contribution in [1.82, 2.24) is 4.90 Å². The van der Waals surface area contributed by atoms with Crippen molar-refractivity contribution < 1.29 is 18.9 Å². The van der Waals surface area contributed by atoms with E-state index in [2.05, 4.69) is 41.0 Å². The van der Waals surface area contributed by atoms with Gasteiger partial charge in [0.2, 0.25) is 0 Å². The highest BCUT2D eigenvalue weighted by molar-refractivity contribution is 6.32. The summed E-state index contributed by atoms with van der Waals surface area (Å²) in [5, 5.41) is 0.640. The fourth-order valence-corrected chi connectivity index (χ4v) is 4.63. The minimum absolute atomic E-state index is 0.195. The molecule has 7 heteroatoms. The van der Waals surface area contributed by atoms with Gasteiger partial charge in [0.25, 0.3) is 0 Å². The molecule has 0 aromatic heterocycles. The summed E-state index contributed by atoms with van der Waals surface area (Å²) >= 11 is 6.18. The molecule has 32 heavy (non-hydrogen) atoms. The van der Waals surface area contributed by atoms with Gasteiger partial charge >= 0.3 is 0 Å². The first kappa shape index (κ1) is 23.0. The lowest BCUT2D eigenvalue weighted by Gasteiger charge is -2.39. The van der Waals surface area contributed by atoms with Gasteiger partial charge in [0.15, 0.2) is 11.5 Å². The Kier molecular flexibility index (Phi) is 7.66. The zero-order valence-electron chi connectivity index (χ0n) is 19.2. The molecule has 4 rings (SSSR count). The van der Waals surface area contributed by atoms with Crippen LogP contribution in [0.3, 0.4) is 0 Å². The summed E-state index contributed by atoms with van der Waals surface area (Å²) in [5.74, 6) is 2.33. The van der Waals surface area contributed by atoms with E-state index in [0.29, 0.717) is 11.1 Å². The number of anilines is 1. The Labute approximate surface area is 195 Å². The number of hydrogen-bond acceptors (Lipinski definition) is 6. The number of hydrogen-bond donors (Lipinski definition) is 0. The fraction of sp³-hybridized carbons (Fsp3) is 0.520. The highest BCUT2D eigenvalue weighted by Gasteiger charge is 2.24. The van der Waals surface area contributed by atoms with Crippen LogP contribution in [0.5, 0.6) is 17.2 Å². The van der Waals surface area contributed by atoms with Crippen LogP contribution in [-0.4, -0.2) is 64.6 Å². The monoisotopic (exact) mass is 460 g/mol. The maximum Gasteiger partial charge on any atom is 0.161 e. The number of ether oxygens (including phenoxy) is 4. The molecule has 1 unspecified atom stereocenters. The van der Waals surface area contributed by atoms with Gasteiger partial charge in [-0.25, -0.2) is 0 Å². The summed E-state index contributed by atoms with van der Waals surface area (Å²) in [6.07, 6.45) is 2.04. The van der Waals surface area contributed by atoms with E-state index in [1.807, 2.05) is 12.1 Å². The van der Waals surface area contributed by atoms with Crippen LogP contribution in [0.1, 0.15) is 31.4 Å². The Morgan fingerprint density at radius 3 is 2.31 bits per heavy atom. The quantitative estimate of drug-likeness (QED) is 0.591. The van der Waals surface area contributed by atoms with Gasteiger partial charge in [0.05, 0.1) is 32.5 Å². The molecule has 6 nitrogen and oxygen atoms in total. The van der Waals surface area contributed by atoms with Crippen LogP contribution in [0.15, 0.2) is 36.4 Å². The number of nitrogens with zero attached hydrogens (tertiary/aromatic N) is 2. The van der Waals surface area contributed by atoms with Crippen molar-refractivity contribution in [2.75, 3.05) is 58.5 Å². The van der Waals surface area contributed by atoms with Crippen molar-refractivity contribution in [3.63, 3.8) is 0 Å². The van der Waals surface area contributed by atoms with Crippen LogP contribution in [0.2, 0.25) is 5.02 Å². The molecule has 2 aromatic carbocycles. The van der Waals surface area contributed by atoms with Crippen LogP contribution in [0, 0.1) is 0 Å². The molecule has 0 spiro atoms. The zero-order valence-corrected chi connectivity index (χ0v) is 19.9. The Morgan fingerprint density at radius 2 is 1.62 bits per heavy atom. The summed E-state index contributed by atoms with van der Waals surface area (Å²) in [7, 11) is 3.36. The second-order valence-electron chi connectivity index (χ2n) is 8.36. The van der Waals surface area contributed by atoms with Crippen LogP contribution in [0.25, 0.3) is 0 Å². The molecule has 0 aliphatic carbocycles. The lowest BCUT2D eigenvalue weighted by Crippen LogP contribution is -2.47. The third-order valence-corrected chi connectivity index (χ3v) is 6.81. The summed E-state index contributed by atoms with van der Waals surface area (Å²) in [6.45, 7) is 7.65. The molecular formula is C25H33ClN2O4. The second-order valence-corrected chi connectivity index (χ2v) is 8.76. The second kappa shape index (κ2) is 10.6. The molecule has 2 fully saturated rings. The predicted molar refractivity (Wildman–Crippen MR) is 128 cm³/mol. The smallest absolute Gasteiger partial charge is 0.161 e. The average Bonchev–Trinajstić information content (AvgIpc) is 2.85. The highest BCUT2D eigenvalue weighted by atomic mass is 35.5. The number of rotatable bonds is 7. The van der Waals surface area contributed by atoms with Gasteiger partial charge in [-0.2, -0.15) is 0 Å². The predicted octanol–water partition coefficient (Wildman–Crippen LogP) is 4.80. The molecule has 0 bridgehead atoms. The maximum absolute atomic E-state index is 6.20. The van der Waals surface area contributed by atoms with Gasteiger partial charge in [-0.05, 0) is 36.8 Å². The Bertz CT molecular complexity index is 896. The van der Waals surface area contributed by atoms with Gasteiger partial charge in [0.1, 0.15) is 11.9 Å². The molecule has 2 aromatic rings. The minimum atomic E-state index is 0.195. The normalized spacial score (nSPS) is 18.9. The minimum Gasteiger partial charge on any atom is -0.495 e. The van der Waals surface area contributed by atoms with Gasteiger partial charge in [-0.3, -0.25) is 4.90 Å². The van der Waals surface area contributed by atoms with E-state index in [9.17, 15) is 0 Å². The van der Waals surface area contributed by atoms with Crippen LogP contribution in [0.4, 0.5) is 5.69 Å². The summed E-state index contributed by atoms with van der Waals surface area (Å²) in [4.78, 5) is 4.89. The number of benzene rings is 2. The molecule has 1 atom stereocenters. The van der Waals surface area contributed by atoms with E-state index < -0.39 is 0 Å². The number of halogens is 1. The molecule has 0 N–H and O–H groups in total. The third-order valence-electron chi connectivity index (χ3n) is 6.49. The van der Waals surface area contributed by atoms with Gasteiger partial charge < -0.3 is 23.8 Å². The van der Waals surface area contributed by atoms with E-state index in [1.165, 1.54) is 5.56 Å². The summed E-state index contributed by atoms with van der Waals surface area (Å²) < 4.78 is 22.7. The van der Waals surface area contributed by atoms with E-state index in [4.69, 9.17) is 30.5 Å². The maximum atomic E-state index is 6.20. The number of piperazine rings is 1. The van der Waals surface area contributed by atoms with Crippen molar-refractivity contribution in [3.8, 4) is 17.2 Å². The van der Waals surface area contributed by atoms with Crippen molar-refractivity contribution in [1.29, 1.82) is 0 Å². The first-order valence-corrected chi connectivity index (χ1v) is 11.7. The van der Waals surface area contributed by atoms with Crippen LogP contribution in [-0.2, 0) is 4.74 Å². The topological polar surface area (TPSA) is 43.4 Å². The van der Waals surface area contributed by atoms with Gasteiger partial charge in [-0.15, -0.1) is 0 Å². The lowest BCUT2D eigenvalue weighted by molar-refractivity contribution is 0.0245. The van der Waals surface area contributed by atoms with Crippen molar-refractivity contribution in [3.05, 3.63) is 47.0 Å². The van der Waals surface area contributed by atoms with Gasteiger partial charge in [-0.1, -0.05) is 17.7 Å². The number of methoxy groups -OCH3 is 2. The fourth-order valence-electron chi connectivity index (χ4n) is 4.44. The van der Waals surface area contributed by atoms with E-state index in [-0.39, 0.29) is 6.10 Å². The molecule has 0 amide bonds. The molecular weight excluding hydrogens is 428 g/mol. The standard InChI is InChI=1S/C25H33ClN2O4/c1-18(19-4-7-23(25(16-19)30-3)32-21-8-14-31-15-9-21)27-10-12-28(13-11-27)20-5-6-22(26)24(17-20)29-2/h4-7,16-18,21H,8-15H2,1-3H3. The molecule has 2 saturated heterocycles. The zero-order chi connectivity index (χ0) is 22.5. The van der Waals surface area contributed by atoms with Crippen LogP contribution < -0.4 is 19.1 Å². The largest absolute Gasteiger partial charge is 0.495 e. The lowest BCUT2D eigenvalue weighted by atomic mass is 10.0. The van der Waals surface area contributed by atoms with Crippen molar-refractivity contribution >= 4 is 17.3 Å². The first-order valence-electron chi connectivity index (χ1n) is 11.3. The van der Waals surface area contributed by atoms with Crippen LogP contribution >= 0.6 is 11.6 Å². The molecule has 0 saturated carbocycles. The molecule has 0 radical (unpaired) electrons. The average molecular weight is 461 g/mol. The molecule has 174 valence electrons.